The van der Waals surface area contributed by atoms with Gasteiger partial charge in [-0.15, -0.1) is 0 Å². The lowest BCUT2D eigenvalue weighted by molar-refractivity contribution is 0.0681. The van der Waals surface area contributed by atoms with Gasteiger partial charge in [0.2, 0.25) is 0 Å². The lowest BCUT2D eigenvalue weighted by Crippen LogP contribution is -2.18. The molecule has 0 saturated carbocycles. The zero-order chi connectivity index (χ0) is 11.5. The largest absolute Gasteiger partial charge is 0.487 e. The Hall–Kier alpha value is -1.62. The molecular formula is C11H11FO4. The Morgan fingerprint density at radius 1 is 1.56 bits per heavy atom. The van der Waals surface area contributed by atoms with Gasteiger partial charge in [0.05, 0.1) is 13.2 Å². The molecule has 1 unspecified atom stereocenters. The first-order valence-corrected chi connectivity index (χ1v) is 4.94. The lowest BCUT2D eigenvalue weighted by atomic mass is 10.2. The van der Waals surface area contributed by atoms with Crippen molar-refractivity contribution in [3.05, 3.63) is 29.6 Å². The molecule has 0 bridgehead atoms. The van der Waals surface area contributed by atoms with Crippen molar-refractivity contribution in [1.29, 1.82) is 0 Å². The monoisotopic (exact) mass is 226 g/mol. The molecule has 0 spiro atoms. The second-order valence-corrected chi connectivity index (χ2v) is 3.52. The third kappa shape index (κ3) is 2.14. The highest BCUT2D eigenvalue weighted by Gasteiger charge is 2.22. The minimum atomic E-state index is -1.33. The number of halogens is 1. The molecule has 1 saturated heterocycles. The van der Waals surface area contributed by atoms with Gasteiger partial charge in [-0.05, 0) is 12.1 Å². The van der Waals surface area contributed by atoms with Crippen molar-refractivity contribution >= 4 is 5.97 Å². The highest BCUT2D eigenvalue weighted by molar-refractivity contribution is 5.91. The summed E-state index contributed by atoms with van der Waals surface area (Å²) in [4.78, 5) is 10.9. The van der Waals surface area contributed by atoms with Crippen LogP contribution in [0.3, 0.4) is 0 Å². The molecule has 1 aliphatic heterocycles. The van der Waals surface area contributed by atoms with Crippen molar-refractivity contribution < 1.29 is 23.8 Å². The summed E-state index contributed by atoms with van der Waals surface area (Å²) in [5, 5.41) is 8.87. The zero-order valence-electron chi connectivity index (χ0n) is 8.48. The molecule has 1 aromatic rings. The summed E-state index contributed by atoms with van der Waals surface area (Å²) in [6, 6.07) is 3.97. The predicted octanol–water partition coefficient (Wildman–Crippen LogP) is 1.69. The molecule has 1 N–H and O–H groups in total. The fourth-order valence-corrected chi connectivity index (χ4v) is 1.60. The minimum absolute atomic E-state index is 0.0583. The van der Waals surface area contributed by atoms with Crippen LogP contribution in [-0.2, 0) is 4.74 Å². The summed E-state index contributed by atoms with van der Waals surface area (Å²) in [5.74, 6) is -2.06. The van der Waals surface area contributed by atoms with E-state index in [-0.39, 0.29) is 11.9 Å². The van der Waals surface area contributed by atoms with Crippen molar-refractivity contribution in [3.63, 3.8) is 0 Å². The van der Waals surface area contributed by atoms with Gasteiger partial charge in [0.25, 0.3) is 0 Å². The first-order chi connectivity index (χ1) is 7.68. The van der Waals surface area contributed by atoms with Crippen LogP contribution in [0.1, 0.15) is 16.8 Å². The van der Waals surface area contributed by atoms with Gasteiger partial charge in [-0.2, -0.15) is 0 Å². The van der Waals surface area contributed by atoms with Crippen LogP contribution in [0.15, 0.2) is 18.2 Å². The number of rotatable bonds is 3. The van der Waals surface area contributed by atoms with E-state index >= 15 is 0 Å². The first-order valence-electron chi connectivity index (χ1n) is 4.94. The van der Waals surface area contributed by atoms with Crippen LogP contribution < -0.4 is 4.74 Å². The third-order valence-corrected chi connectivity index (χ3v) is 2.37. The molecule has 5 heteroatoms. The second-order valence-electron chi connectivity index (χ2n) is 3.52. The normalized spacial score (nSPS) is 19.7. The number of ether oxygens (including phenoxy) is 2. The molecular weight excluding hydrogens is 215 g/mol. The minimum Gasteiger partial charge on any atom is -0.487 e. The van der Waals surface area contributed by atoms with E-state index in [9.17, 15) is 9.18 Å². The Kier molecular flexibility index (Phi) is 3.05. The molecule has 1 heterocycles. The third-order valence-electron chi connectivity index (χ3n) is 2.37. The topological polar surface area (TPSA) is 55.8 Å². The Morgan fingerprint density at radius 3 is 3.00 bits per heavy atom. The number of hydrogen-bond acceptors (Lipinski definition) is 3. The van der Waals surface area contributed by atoms with Crippen LogP contribution in [0.5, 0.6) is 5.75 Å². The van der Waals surface area contributed by atoms with E-state index in [1.807, 2.05) is 0 Å². The van der Waals surface area contributed by atoms with Crippen molar-refractivity contribution in [3.8, 4) is 5.75 Å². The quantitative estimate of drug-likeness (QED) is 0.852. The summed E-state index contributed by atoms with van der Waals surface area (Å²) in [5.41, 5.74) is -0.422. The molecule has 1 aromatic carbocycles. The average molecular weight is 226 g/mol. The smallest absolute Gasteiger partial charge is 0.342 e. The van der Waals surface area contributed by atoms with E-state index in [4.69, 9.17) is 14.6 Å². The van der Waals surface area contributed by atoms with E-state index in [0.717, 1.165) is 6.07 Å². The Bertz CT molecular complexity index is 399. The fourth-order valence-electron chi connectivity index (χ4n) is 1.60. The van der Waals surface area contributed by atoms with E-state index < -0.39 is 17.3 Å². The van der Waals surface area contributed by atoms with Gasteiger partial charge in [-0.1, -0.05) is 6.07 Å². The van der Waals surface area contributed by atoms with Crippen LogP contribution >= 0.6 is 0 Å². The second kappa shape index (κ2) is 4.49. The van der Waals surface area contributed by atoms with Crippen LogP contribution in [0.2, 0.25) is 0 Å². The summed E-state index contributed by atoms with van der Waals surface area (Å²) in [6.45, 7) is 0.998. The summed E-state index contributed by atoms with van der Waals surface area (Å²) < 4.78 is 23.8. The van der Waals surface area contributed by atoms with Crippen LogP contribution in [-0.4, -0.2) is 30.4 Å². The van der Waals surface area contributed by atoms with Gasteiger partial charge in [0, 0.05) is 6.42 Å². The number of hydrogen-bond donors (Lipinski definition) is 1. The van der Waals surface area contributed by atoms with Gasteiger partial charge in [0.1, 0.15) is 23.2 Å². The summed E-state index contributed by atoms with van der Waals surface area (Å²) in [7, 11) is 0. The number of aromatic carboxylic acids is 1. The van der Waals surface area contributed by atoms with E-state index in [1.165, 1.54) is 12.1 Å². The van der Waals surface area contributed by atoms with Gasteiger partial charge < -0.3 is 14.6 Å². The van der Waals surface area contributed by atoms with Crippen LogP contribution in [0.25, 0.3) is 0 Å². The number of carboxylic acids is 1. The van der Waals surface area contributed by atoms with Crippen LogP contribution in [0.4, 0.5) is 4.39 Å². The zero-order valence-corrected chi connectivity index (χ0v) is 8.48. The molecule has 0 aromatic heterocycles. The van der Waals surface area contributed by atoms with E-state index in [0.29, 0.717) is 19.6 Å². The molecule has 1 aliphatic rings. The van der Waals surface area contributed by atoms with Crippen molar-refractivity contribution in [2.24, 2.45) is 0 Å². The average Bonchev–Trinajstić information content (AvgIpc) is 2.70. The molecule has 4 nitrogen and oxygen atoms in total. The fraction of sp³-hybridized carbons (Fsp3) is 0.364. The molecule has 1 atom stereocenters. The summed E-state index contributed by atoms with van der Waals surface area (Å²) >= 11 is 0. The van der Waals surface area contributed by atoms with Crippen molar-refractivity contribution in [2.75, 3.05) is 13.2 Å². The maximum absolute atomic E-state index is 13.3. The SMILES string of the molecule is O=C(O)c1c(F)cccc1OC1CCOC1. The van der Waals surface area contributed by atoms with Gasteiger partial charge >= 0.3 is 5.97 Å². The maximum atomic E-state index is 13.3. The van der Waals surface area contributed by atoms with Gasteiger partial charge in [0.15, 0.2) is 0 Å². The van der Waals surface area contributed by atoms with Crippen molar-refractivity contribution in [1.82, 2.24) is 0 Å². The standard InChI is InChI=1S/C11H11FO4/c12-8-2-1-3-9(10(8)11(13)14)16-7-4-5-15-6-7/h1-3,7H,4-6H2,(H,13,14). The van der Waals surface area contributed by atoms with E-state index in [1.54, 1.807) is 0 Å². The molecule has 86 valence electrons. The maximum Gasteiger partial charge on any atom is 0.342 e. The molecule has 1 fully saturated rings. The van der Waals surface area contributed by atoms with Gasteiger partial charge in [-0.3, -0.25) is 0 Å². The molecule has 16 heavy (non-hydrogen) atoms. The number of carbonyl (C=O) groups is 1. The molecule has 0 aliphatic carbocycles. The first kappa shape index (κ1) is 10.9. The summed E-state index contributed by atoms with van der Waals surface area (Å²) in [6.07, 6.45) is 0.496. The molecule has 0 amide bonds. The van der Waals surface area contributed by atoms with Gasteiger partial charge in [-0.25, -0.2) is 9.18 Å². The highest BCUT2D eigenvalue weighted by atomic mass is 19.1. The number of carboxylic acid groups (broad SMARTS) is 1. The Morgan fingerprint density at radius 2 is 2.38 bits per heavy atom. The lowest BCUT2D eigenvalue weighted by Gasteiger charge is -2.13. The molecule has 0 radical (unpaired) electrons. The number of benzene rings is 1. The van der Waals surface area contributed by atoms with Crippen LogP contribution in [0, 0.1) is 5.82 Å². The van der Waals surface area contributed by atoms with E-state index in [2.05, 4.69) is 0 Å². The predicted molar refractivity (Wildman–Crippen MR) is 53.2 cm³/mol. The molecule has 2 rings (SSSR count). The Balaban J connectivity index is 2.25. The van der Waals surface area contributed by atoms with Crippen molar-refractivity contribution in [2.45, 2.75) is 12.5 Å². The highest BCUT2D eigenvalue weighted by Crippen LogP contribution is 2.24. The Labute approximate surface area is 91.6 Å².